The molecule has 2 rings (SSSR count). The second-order valence-corrected chi connectivity index (χ2v) is 3.97. The zero-order valence-corrected chi connectivity index (χ0v) is 9.15. The molecule has 1 aromatic rings. The Morgan fingerprint density at radius 2 is 2.53 bits per heavy atom. The van der Waals surface area contributed by atoms with Crippen molar-refractivity contribution in [2.24, 2.45) is 0 Å². The molecular formula is C12H18N2O. The molecule has 1 saturated heterocycles. The van der Waals surface area contributed by atoms with E-state index in [9.17, 15) is 0 Å². The van der Waals surface area contributed by atoms with Crippen LogP contribution in [0.15, 0.2) is 24.4 Å². The number of ether oxygens (including phenoxy) is 1. The molecule has 1 aromatic heterocycles. The van der Waals surface area contributed by atoms with Gasteiger partial charge in [0.2, 0.25) is 0 Å². The number of hydrogen-bond acceptors (Lipinski definition) is 3. The van der Waals surface area contributed by atoms with E-state index in [1.54, 1.807) is 0 Å². The van der Waals surface area contributed by atoms with Gasteiger partial charge in [-0.25, -0.2) is 0 Å². The molecule has 3 nitrogen and oxygen atoms in total. The van der Waals surface area contributed by atoms with Gasteiger partial charge >= 0.3 is 0 Å². The van der Waals surface area contributed by atoms with E-state index in [1.165, 1.54) is 12.8 Å². The monoisotopic (exact) mass is 206 g/mol. The van der Waals surface area contributed by atoms with Crippen LogP contribution < -0.4 is 5.32 Å². The maximum absolute atomic E-state index is 5.64. The summed E-state index contributed by atoms with van der Waals surface area (Å²) in [5.41, 5.74) is 1.11. The predicted octanol–water partition coefficient (Wildman–Crippen LogP) is 1.91. The van der Waals surface area contributed by atoms with E-state index in [1.807, 2.05) is 25.4 Å². The van der Waals surface area contributed by atoms with E-state index >= 15 is 0 Å². The maximum Gasteiger partial charge on any atom is 0.0594 e. The lowest BCUT2D eigenvalue weighted by molar-refractivity contribution is 0.0950. The van der Waals surface area contributed by atoms with Crippen molar-refractivity contribution in [2.45, 2.75) is 31.4 Å². The highest BCUT2D eigenvalue weighted by atomic mass is 16.5. The molecule has 2 atom stereocenters. The van der Waals surface area contributed by atoms with Crippen LogP contribution in [-0.2, 0) is 4.74 Å². The molecule has 15 heavy (non-hydrogen) atoms. The first kappa shape index (κ1) is 10.6. The van der Waals surface area contributed by atoms with Crippen LogP contribution in [0, 0.1) is 0 Å². The summed E-state index contributed by atoms with van der Waals surface area (Å²) in [5, 5.41) is 3.30. The highest BCUT2D eigenvalue weighted by Crippen LogP contribution is 2.23. The molecule has 1 fully saturated rings. The van der Waals surface area contributed by atoms with Crippen LogP contribution in [0.25, 0.3) is 0 Å². The lowest BCUT2D eigenvalue weighted by atomic mass is 10.0. The summed E-state index contributed by atoms with van der Waals surface area (Å²) >= 11 is 0. The third kappa shape index (κ3) is 2.76. The van der Waals surface area contributed by atoms with Crippen molar-refractivity contribution in [1.29, 1.82) is 0 Å². The molecule has 2 unspecified atom stereocenters. The second-order valence-electron chi connectivity index (χ2n) is 3.97. The van der Waals surface area contributed by atoms with Gasteiger partial charge in [0, 0.05) is 12.8 Å². The number of nitrogens with zero attached hydrogens (tertiary/aromatic N) is 1. The van der Waals surface area contributed by atoms with Crippen LogP contribution in [0.1, 0.15) is 31.0 Å². The number of hydrogen-bond donors (Lipinski definition) is 1. The normalized spacial score (nSPS) is 22.9. The number of pyridine rings is 1. The van der Waals surface area contributed by atoms with E-state index in [-0.39, 0.29) is 0 Å². The number of nitrogens with one attached hydrogen (secondary N) is 1. The number of aromatic nitrogens is 1. The zero-order chi connectivity index (χ0) is 10.5. The largest absolute Gasteiger partial charge is 0.378 e. The highest BCUT2D eigenvalue weighted by molar-refractivity contribution is 5.08. The molecular weight excluding hydrogens is 188 g/mol. The van der Waals surface area contributed by atoms with Gasteiger partial charge < -0.3 is 10.1 Å². The van der Waals surface area contributed by atoms with Gasteiger partial charge in [0.1, 0.15) is 0 Å². The molecule has 0 aliphatic carbocycles. The van der Waals surface area contributed by atoms with E-state index in [0.717, 1.165) is 18.7 Å². The molecule has 2 heterocycles. The Hall–Kier alpha value is -0.930. The quantitative estimate of drug-likeness (QED) is 0.817. The molecule has 3 heteroatoms. The van der Waals surface area contributed by atoms with Crippen molar-refractivity contribution >= 4 is 0 Å². The van der Waals surface area contributed by atoms with Gasteiger partial charge in [0.25, 0.3) is 0 Å². The van der Waals surface area contributed by atoms with Crippen molar-refractivity contribution in [3.05, 3.63) is 30.1 Å². The predicted molar refractivity (Wildman–Crippen MR) is 59.6 cm³/mol. The first-order valence-corrected chi connectivity index (χ1v) is 5.60. The van der Waals surface area contributed by atoms with Crippen LogP contribution in [0.3, 0.4) is 0 Å². The van der Waals surface area contributed by atoms with Crippen LogP contribution in [-0.4, -0.2) is 24.7 Å². The lowest BCUT2D eigenvalue weighted by Gasteiger charge is -2.19. The van der Waals surface area contributed by atoms with E-state index < -0.39 is 0 Å². The van der Waals surface area contributed by atoms with E-state index in [4.69, 9.17) is 4.74 Å². The zero-order valence-electron chi connectivity index (χ0n) is 9.15. The standard InChI is InChI=1S/C12H18N2O/c1-13-12(9-10-5-4-8-15-10)11-6-2-3-7-14-11/h2-3,6-7,10,12-13H,4-5,8-9H2,1H3. The highest BCUT2D eigenvalue weighted by Gasteiger charge is 2.21. The van der Waals surface area contributed by atoms with Gasteiger partial charge in [-0.15, -0.1) is 0 Å². The van der Waals surface area contributed by atoms with Gasteiger partial charge in [0.15, 0.2) is 0 Å². The summed E-state index contributed by atoms with van der Waals surface area (Å²) < 4.78 is 5.64. The van der Waals surface area contributed by atoms with Crippen molar-refractivity contribution < 1.29 is 4.74 Å². The van der Waals surface area contributed by atoms with Crippen molar-refractivity contribution in [2.75, 3.05) is 13.7 Å². The Labute approximate surface area is 90.9 Å². The van der Waals surface area contributed by atoms with E-state index in [0.29, 0.717) is 12.1 Å². The maximum atomic E-state index is 5.64. The second kappa shape index (κ2) is 5.24. The van der Waals surface area contributed by atoms with Crippen LogP contribution >= 0.6 is 0 Å². The average molecular weight is 206 g/mol. The molecule has 1 aliphatic rings. The molecule has 0 radical (unpaired) electrons. The topological polar surface area (TPSA) is 34.1 Å². The van der Waals surface area contributed by atoms with Crippen molar-refractivity contribution in [3.8, 4) is 0 Å². The first-order valence-electron chi connectivity index (χ1n) is 5.60. The van der Waals surface area contributed by atoms with Crippen LogP contribution in [0.2, 0.25) is 0 Å². The molecule has 1 N–H and O–H groups in total. The Balaban J connectivity index is 1.97. The summed E-state index contributed by atoms with van der Waals surface area (Å²) in [6, 6.07) is 6.36. The molecule has 0 spiro atoms. The minimum atomic E-state index is 0.314. The minimum Gasteiger partial charge on any atom is -0.378 e. The molecule has 0 bridgehead atoms. The molecule has 0 aromatic carbocycles. The molecule has 0 amide bonds. The Morgan fingerprint density at radius 1 is 1.60 bits per heavy atom. The fourth-order valence-electron chi connectivity index (χ4n) is 2.06. The lowest BCUT2D eigenvalue weighted by Crippen LogP contribution is -2.22. The Kier molecular flexibility index (Phi) is 3.69. The molecule has 1 aliphatic heterocycles. The summed E-state index contributed by atoms with van der Waals surface area (Å²) in [6.45, 7) is 0.920. The Morgan fingerprint density at radius 3 is 3.13 bits per heavy atom. The third-order valence-electron chi connectivity index (χ3n) is 2.92. The van der Waals surface area contributed by atoms with Crippen molar-refractivity contribution in [3.63, 3.8) is 0 Å². The first-order chi connectivity index (χ1) is 7.40. The van der Waals surface area contributed by atoms with Gasteiger partial charge in [0.05, 0.1) is 17.8 Å². The molecule has 0 saturated carbocycles. The number of rotatable bonds is 4. The Bertz CT molecular complexity index is 283. The summed E-state index contributed by atoms with van der Waals surface area (Å²) in [6.07, 6.45) is 5.65. The van der Waals surface area contributed by atoms with Gasteiger partial charge in [-0.3, -0.25) is 4.98 Å². The van der Waals surface area contributed by atoms with Gasteiger partial charge in [-0.1, -0.05) is 6.07 Å². The van der Waals surface area contributed by atoms with Crippen LogP contribution in [0.4, 0.5) is 0 Å². The van der Waals surface area contributed by atoms with Gasteiger partial charge in [-0.2, -0.15) is 0 Å². The smallest absolute Gasteiger partial charge is 0.0594 e. The van der Waals surface area contributed by atoms with Crippen molar-refractivity contribution in [1.82, 2.24) is 10.3 Å². The average Bonchev–Trinajstić information content (AvgIpc) is 2.80. The fraction of sp³-hybridized carbons (Fsp3) is 0.583. The SMILES string of the molecule is CNC(CC1CCCO1)c1ccccn1. The summed E-state index contributed by atoms with van der Waals surface area (Å²) in [7, 11) is 1.98. The minimum absolute atomic E-state index is 0.314. The molecule has 82 valence electrons. The summed E-state index contributed by atoms with van der Waals surface area (Å²) in [4.78, 5) is 4.37. The van der Waals surface area contributed by atoms with E-state index in [2.05, 4.69) is 16.4 Å². The fourth-order valence-corrected chi connectivity index (χ4v) is 2.06. The third-order valence-corrected chi connectivity index (χ3v) is 2.92. The van der Waals surface area contributed by atoms with Crippen LogP contribution in [0.5, 0.6) is 0 Å². The van der Waals surface area contributed by atoms with Gasteiger partial charge in [-0.05, 0) is 38.4 Å². The summed E-state index contributed by atoms with van der Waals surface area (Å²) in [5.74, 6) is 0.